The third kappa shape index (κ3) is 77.9. The van der Waals surface area contributed by atoms with E-state index in [0.717, 1.165) is 12.8 Å². The molecule has 0 amide bonds. The van der Waals surface area contributed by atoms with Gasteiger partial charge in [0.15, 0.2) is 0 Å². The van der Waals surface area contributed by atoms with Crippen LogP contribution in [0.4, 0.5) is 0 Å². The van der Waals surface area contributed by atoms with E-state index < -0.39 is 7.82 Å². The molecule has 0 radical (unpaired) electrons. The van der Waals surface area contributed by atoms with Gasteiger partial charge in [0.05, 0.1) is 0 Å². The van der Waals surface area contributed by atoms with Crippen LogP contribution in [0.5, 0.6) is 0 Å². The third-order valence-corrected chi connectivity index (χ3v) is 2.21. The van der Waals surface area contributed by atoms with Crippen LogP contribution < -0.4 is 0 Å². The van der Waals surface area contributed by atoms with E-state index in [1.807, 2.05) is 0 Å². The Morgan fingerprint density at radius 1 is 0.750 bits per heavy atom. The van der Waals surface area contributed by atoms with Crippen LogP contribution in [0.3, 0.4) is 0 Å². The molecule has 0 aromatic rings. The average molecular weight is 355 g/mol. The Kier molecular flexibility index (Phi) is 35.3. The van der Waals surface area contributed by atoms with Crippen molar-refractivity contribution in [2.75, 3.05) is 0 Å². The van der Waals surface area contributed by atoms with Crippen molar-refractivity contribution in [3.05, 3.63) is 13.8 Å². The molecule has 6 heteroatoms. The van der Waals surface area contributed by atoms with Gasteiger partial charge in [-0.15, -0.1) is 0 Å². The fourth-order valence-electron chi connectivity index (χ4n) is 1.21. The van der Waals surface area contributed by atoms with Crippen LogP contribution >= 0.6 is 7.82 Å². The Morgan fingerprint density at radius 2 is 1.00 bits per heavy atom. The molecule has 0 spiro atoms. The number of rotatable bonds is 8. The van der Waals surface area contributed by atoms with E-state index in [4.69, 9.17) is 19.2 Å². The first-order chi connectivity index (χ1) is 8.83. The molecule has 0 aliphatic carbocycles. The normalized spacial score (nSPS) is 9.55. The average Bonchev–Trinajstić information content (AvgIpc) is 2.29. The van der Waals surface area contributed by atoms with Crippen molar-refractivity contribution in [3.63, 3.8) is 0 Å². The maximum absolute atomic E-state index is 8.88. The van der Waals surface area contributed by atoms with Crippen LogP contribution in [0, 0.1) is 13.8 Å². The summed E-state index contributed by atoms with van der Waals surface area (Å²) in [6.45, 7) is 12.0. The van der Waals surface area contributed by atoms with Gasteiger partial charge in [0.25, 0.3) is 0 Å². The molecule has 0 bridgehead atoms. The molecule has 20 heavy (non-hydrogen) atoms. The van der Waals surface area contributed by atoms with Crippen LogP contribution in [0.2, 0.25) is 0 Å². The van der Waals surface area contributed by atoms with Gasteiger partial charge in [0.1, 0.15) is 0 Å². The molecule has 128 valence electrons. The molecule has 0 saturated carbocycles. The van der Waals surface area contributed by atoms with Crippen molar-refractivity contribution >= 4 is 7.82 Å². The predicted octanol–water partition coefficient (Wildman–Crippen LogP) is 4.65. The van der Waals surface area contributed by atoms with Gasteiger partial charge in [-0.3, -0.25) is 0 Å². The third-order valence-electron chi connectivity index (χ3n) is 2.21. The van der Waals surface area contributed by atoms with E-state index in [9.17, 15) is 0 Å². The molecule has 0 unspecified atom stereocenters. The van der Waals surface area contributed by atoms with E-state index in [2.05, 4.69) is 27.7 Å². The Labute approximate surface area is 135 Å². The molecule has 0 aromatic heterocycles. The van der Waals surface area contributed by atoms with Gasteiger partial charge in [-0.1, -0.05) is 65.2 Å². The van der Waals surface area contributed by atoms with Crippen LogP contribution in [0.1, 0.15) is 78.1 Å². The zero-order valence-electron chi connectivity index (χ0n) is 13.0. The Morgan fingerprint density at radius 3 is 1.15 bits per heavy atom. The first-order valence-corrected chi connectivity index (χ1v) is 8.76. The molecular formula is C14H33NiO4P. The summed E-state index contributed by atoms with van der Waals surface area (Å²) in [4.78, 5) is 21.6. The summed E-state index contributed by atoms with van der Waals surface area (Å²) in [5.41, 5.74) is 0. The molecule has 0 atom stereocenters. The Bertz CT molecular complexity index is 160. The van der Waals surface area contributed by atoms with E-state index >= 15 is 0 Å². The van der Waals surface area contributed by atoms with E-state index in [1.54, 1.807) is 0 Å². The van der Waals surface area contributed by atoms with Gasteiger partial charge in [-0.05, 0) is 0 Å². The van der Waals surface area contributed by atoms with E-state index in [0.29, 0.717) is 0 Å². The minimum Gasteiger partial charge on any atom is -0.343 e. The van der Waals surface area contributed by atoms with Crippen LogP contribution in [0.25, 0.3) is 0 Å². The molecule has 0 aliphatic heterocycles. The number of hydrogen-bond acceptors (Lipinski definition) is 1. The van der Waals surface area contributed by atoms with Gasteiger partial charge >= 0.3 is 24.3 Å². The van der Waals surface area contributed by atoms with Gasteiger partial charge in [-0.25, -0.2) is 4.57 Å². The van der Waals surface area contributed by atoms with Gasteiger partial charge in [0.2, 0.25) is 0 Å². The van der Waals surface area contributed by atoms with Crippen molar-refractivity contribution < 1.29 is 35.7 Å². The second-order valence-electron chi connectivity index (χ2n) is 4.34. The van der Waals surface area contributed by atoms with E-state index in [1.165, 1.54) is 51.4 Å². The molecule has 0 heterocycles. The van der Waals surface area contributed by atoms with E-state index in [-0.39, 0.29) is 16.5 Å². The largest absolute Gasteiger partial charge is 2.00 e. The molecule has 0 rings (SSSR count). The fraction of sp³-hybridized carbons (Fsp3) is 0.857. The van der Waals surface area contributed by atoms with Crippen molar-refractivity contribution in [2.24, 2.45) is 0 Å². The first-order valence-electron chi connectivity index (χ1n) is 7.20. The van der Waals surface area contributed by atoms with Crippen molar-refractivity contribution in [2.45, 2.75) is 78.1 Å². The number of unbranched alkanes of at least 4 members (excludes halogenated alkanes) is 8. The topological polar surface area (TPSA) is 77.8 Å². The maximum atomic E-state index is 8.88. The minimum atomic E-state index is -4.64. The summed E-state index contributed by atoms with van der Waals surface area (Å²) in [7, 11) is -4.64. The summed E-state index contributed by atoms with van der Waals surface area (Å²) in [5.74, 6) is 0. The monoisotopic (exact) mass is 354 g/mol. The van der Waals surface area contributed by atoms with Crippen LogP contribution in [-0.2, 0) is 21.1 Å². The predicted molar refractivity (Wildman–Crippen MR) is 82.5 cm³/mol. The Balaban J connectivity index is -0.0000000952. The summed E-state index contributed by atoms with van der Waals surface area (Å²) in [6, 6.07) is 0. The number of hydrogen-bond donors (Lipinski definition) is 3. The quantitative estimate of drug-likeness (QED) is 0.256. The molecule has 3 N–H and O–H groups in total. The summed E-state index contributed by atoms with van der Waals surface area (Å²) in [5, 5.41) is 0. The van der Waals surface area contributed by atoms with Crippen LogP contribution in [0.15, 0.2) is 0 Å². The zero-order chi connectivity index (χ0) is 15.6. The minimum absolute atomic E-state index is 0. The molecule has 0 aromatic carbocycles. The molecule has 0 saturated heterocycles. The SMILES string of the molecule is O=P(O)(O)O.[CH2-]CCCCCC.[CH2-]CCCCCC.[Ni+2]. The summed E-state index contributed by atoms with van der Waals surface area (Å²) >= 11 is 0. The standard InChI is InChI=1S/2C7H15.Ni.H3O4P/c2*1-3-5-7-6-4-2;;1-5(2,3)4/h2*1,3-7H2,2H3;;(H3,1,2,3,4)/q2*-1;+2;. The molecular weight excluding hydrogens is 322 g/mol. The van der Waals surface area contributed by atoms with Crippen molar-refractivity contribution in [1.82, 2.24) is 0 Å². The van der Waals surface area contributed by atoms with Crippen molar-refractivity contribution in [3.8, 4) is 0 Å². The van der Waals surface area contributed by atoms with Crippen molar-refractivity contribution in [1.29, 1.82) is 0 Å². The second-order valence-corrected chi connectivity index (χ2v) is 5.37. The van der Waals surface area contributed by atoms with Crippen LogP contribution in [-0.4, -0.2) is 14.7 Å². The smallest absolute Gasteiger partial charge is 0.343 e. The first kappa shape index (κ1) is 28.7. The van der Waals surface area contributed by atoms with Gasteiger partial charge in [0, 0.05) is 0 Å². The molecule has 4 nitrogen and oxygen atoms in total. The van der Waals surface area contributed by atoms with Gasteiger partial charge < -0.3 is 28.5 Å². The Hall–Kier alpha value is 0.604. The summed E-state index contributed by atoms with van der Waals surface area (Å²) < 4.78 is 8.88. The molecule has 0 fully saturated rings. The molecule has 0 aliphatic rings. The summed E-state index contributed by atoms with van der Waals surface area (Å²) in [6.07, 6.45) is 13.0. The second kappa shape index (κ2) is 24.6. The fourth-order valence-corrected chi connectivity index (χ4v) is 1.21. The van der Waals surface area contributed by atoms with Gasteiger partial charge in [-0.2, -0.15) is 12.8 Å². The zero-order valence-corrected chi connectivity index (χ0v) is 14.9. The maximum Gasteiger partial charge on any atom is 2.00 e. The number of phosphoric acid groups is 1.